The van der Waals surface area contributed by atoms with E-state index in [0.29, 0.717) is 31.6 Å². The summed E-state index contributed by atoms with van der Waals surface area (Å²) in [6.45, 7) is 0.679. The van der Waals surface area contributed by atoms with Gasteiger partial charge in [-0.1, -0.05) is 6.07 Å². The van der Waals surface area contributed by atoms with E-state index in [1.165, 1.54) is 6.07 Å². The van der Waals surface area contributed by atoms with Crippen LogP contribution in [0.1, 0.15) is 43.2 Å². The predicted molar refractivity (Wildman–Crippen MR) is 89.6 cm³/mol. The molecule has 2 unspecified atom stereocenters. The number of rotatable bonds is 8. The van der Waals surface area contributed by atoms with Gasteiger partial charge in [0.05, 0.1) is 18.8 Å². The summed E-state index contributed by atoms with van der Waals surface area (Å²) in [6, 6.07) is 3.37. The van der Waals surface area contributed by atoms with E-state index in [9.17, 15) is 23.4 Å². The first-order chi connectivity index (χ1) is 12.2. The van der Waals surface area contributed by atoms with Gasteiger partial charge in [-0.15, -0.1) is 0 Å². The summed E-state index contributed by atoms with van der Waals surface area (Å²) in [4.78, 5) is 0. The van der Waals surface area contributed by atoms with Gasteiger partial charge >= 0.3 is 6.18 Å². The SMILES string of the molecule is NC(CO)(CCOC1CCCCO1)CCc1ccc(O)c(C(F)(F)F)c1. The third-order valence-corrected chi connectivity index (χ3v) is 4.63. The number of aromatic hydroxyl groups is 1. The Morgan fingerprint density at radius 3 is 2.62 bits per heavy atom. The van der Waals surface area contributed by atoms with Crippen molar-refractivity contribution in [2.45, 2.75) is 56.5 Å². The van der Waals surface area contributed by atoms with Crippen molar-refractivity contribution in [1.29, 1.82) is 0 Å². The minimum atomic E-state index is -4.62. The number of aliphatic hydroxyl groups is 1. The number of benzene rings is 1. The number of phenolic OH excluding ortho intramolecular Hbond substituents is 1. The highest BCUT2D eigenvalue weighted by molar-refractivity contribution is 5.38. The van der Waals surface area contributed by atoms with Crippen molar-refractivity contribution in [3.8, 4) is 5.75 Å². The van der Waals surface area contributed by atoms with Crippen LogP contribution in [0.25, 0.3) is 0 Å². The Morgan fingerprint density at radius 1 is 1.23 bits per heavy atom. The van der Waals surface area contributed by atoms with Gasteiger partial charge in [0, 0.05) is 12.1 Å². The molecule has 4 N–H and O–H groups in total. The fourth-order valence-electron chi connectivity index (χ4n) is 2.88. The lowest BCUT2D eigenvalue weighted by Gasteiger charge is -2.29. The molecule has 1 heterocycles. The van der Waals surface area contributed by atoms with E-state index in [0.717, 1.165) is 31.4 Å². The van der Waals surface area contributed by atoms with Crippen molar-refractivity contribution in [1.82, 2.24) is 0 Å². The van der Waals surface area contributed by atoms with Gasteiger partial charge in [-0.2, -0.15) is 13.2 Å². The fraction of sp³-hybridized carbons (Fsp3) is 0.667. The molecule has 0 radical (unpaired) electrons. The van der Waals surface area contributed by atoms with Crippen LogP contribution in [0.2, 0.25) is 0 Å². The van der Waals surface area contributed by atoms with E-state index in [1.54, 1.807) is 0 Å². The summed E-state index contributed by atoms with van der Waals surface area (Å²) in [7, 11) is 0. The third-order valence-electron chi connectivity index (χ3n) is 4.63. The monoisotopic (exact) mass is 377 g/mol. The Hall–Kier alpha value is -1.35. The molecule has 26 heavy (non-hydrogen) atoms. The number of aliphatic hydroxyl groups excluding tert-OH is 1. The summed E-state index contributed by atoms with van der Waals surface area (Å²) in [5.41, 5.74) is 4.55. The highest BCUT2D eigenvalue weighted by Gasteiger charge is 2.34. The average molecular weight is 377 g/mol. The van der Waals surface area contributed by atoms with E-state index in [2.05, 4.69) is 0 Å². The summed E-state index contributed by atoms with van der Waals surface area (Å²) in [5.74, 6) is -0.802. The minimum absolute atomic E-state index is 0.250. The smallest absolute Gasteiger partial charge is 0.419 e. The van der Waals surface area contributed by atoms with Crippen molar-refractivity contribution >= 4 is 0 Å². The molecular weight excluding hydrogens is 351 g/mol. The highest BCUT2D eigenvalue weighted by Crippen LogP contribution is 2.36. The Labute approximate surface area is 150 Å². The molecule has 0 spiro atoms. The summed E-state index contributed by atoms with van der Waals surface area (Å²) < 4.78 is 49.7. The molecule has 2 rings (SSSR count). The maximum atomic E-state index is 12.9. The Morgan fingerprint density at radius 2 is 2.00 bits per heavy atom. The van der Waals surface area contributed by atoms with Crippen LogP contribution in [0.3, 0.4) is 0 Å². The molecule has 1 aromatic rings. The number of nitrogens with two attached hydrogens (primary N) is 1. The lowest BCUT2D eigenvalue weighted by atomic mass is 9.89. The fourth-order valence-corrected chi connectivity index (χ4v) is 2.88. The van der Waals surface area contributed by atoms with Crippen LogP contribution in [-0.4, -0.2) is 41.9 Å². The molecule has 0 aromatic heterocycles. The Bertz CT molecular complexity index is 576. The Kier molecular flexibility index (Phi) is 7.28. The number of halogens is 3. The number of phenols is 1. The zero-order valence-electron chi connectivity index (χ0n) is 14.6. The molecule has 0 bridgehead atoms. The zero-order chi connectivity index (χ0) is 19.2. The number of alkyl halides is 3. The largest absolute Gasteiger partial charge is 0.507 e. The van der Waals surface area contributed by atoms with Gasteiger partial charge in [-0.25, -0.2) is 0 Å². The molecular formula is C18H26F3NO4. The standard InChI is InChI=1S/C18H26F3NO4/c19-18(20,21)14-11-13(4-5-15(14)24)6-7-17(22,12-23)8-10-26-16-3-1-2-9-25-16/h4-5,11,16,23-24H,1-3,6-10,12,22H2. The molecule has 1 aliphatic heterocycles. The van der Waals surface area contributed by atoms with Gasteiger partial charge in [-0.3, -0.25) is 0 Å². The molecule has 2 atom stereocenters. The van der Waals surface area contributed by atoms with Crippen LogP contribution in [-0.2, 0) is 22.1 Å². The van der Waals surface area contributed by atoms with Crippen molar-refractivity contribution in [2.24, 2.45) is 5.73 Å². The molecule has 1 aromatic carbocycles. The quantitative estimate of drug-likeness (QED) is 0.649. The second-order valence-corrected chi connectivity index (χ2v) is 6.79. The molecule has 1 aliphatic rings. The normalized spacial score (nSPS) is 20.7. The van der Waals surface area contributed by atoms with E-state index in [4.69, 9.17) is 15.2 Å². The first kappa shape index (κ1) is 21.0. The van der Waals surface area contributed by atoms with Crippen LogP contribution in [0.4, 0.5) is 13.2 Å². The maximum absolute atomic E-state index is 12.9. The first-order valence-electron chi connectivity index (χ1n) is 8.75. The number of ether oxygens (including phenoxy) is 2. The maximum Gasteiger partial charge on any atom is 0.419 e. The topological polar surface area (TPSA) is 84.9 Å². The second kappa shape index (κ2) is 9.03. The van der Waals surface area contributed by atoms with Gasteiger partial charge in [0.15, 0.2) is 6.29 Å². The van der Waals surface area contributed by atoms with Crippen LogP contribution in [0.15, 0.2) is 18.2 Å². The Balaban J connectivity index is 1.88. The molecule has 0 saturated carbocycles. The zero-order valence-corrected chi connectivity index (χ0v) is 14.6. The molecule has 1 saturated heterocycles. The molecule has 148 valence electrons. The van der Waals surface area contributed by atoms with E-state index < -0.39 is 23.0 Å². The first-order valence-corrected chi connectivity index (χ1v) is 8.75. The molecule has 0 amide bonds. The number of hydrogen-bond acceptors (Lipinski definition) is 5. The van der Waals surface area contributed by atoms with Crippen molar-refractivity contribution in [3.63, 3.8) is 0 Å². The van der Waals surface area contributed by atoms with Crippen LogP contribution in [0.5, 0.6) is 5.75 Å². The summed E-state index contributed by atoms with van der Waals surface area (Å²) in [6.07, 6.45) is -1.08. The van der Waals surface area contributed by atoms with Gasteiger partial charge in [0.25, 0.3) is 0 Å². The van der Waals surface area contributed by atoms with Crippen molar-refractivity contribution in [2.75, 3.05) is 19.8 Å². The summed E-state index contributed by atoms with van der Waals surface area (Å²) >= 11 is 0. The van der Waals surface area contributed by atoms with Gasteiger partial charge < -0.3 is 25.4 Å². The molecule has 0 aliphatic carbocycles. The van der Waals surface area contributed by atoms with E-state index in [1.807, 2.05) is 0 Å². The molecule has 8 heteroatoms. The third kappa shape index (κ3) is 6.12. The van der Waals surface area contributed by atoms with Gasteiger partial charge in [0.2, 0.25) is 0 Å². The number of aryl methyl sites for hydroxylation is 1. The second-order valence-electron chi connectivity index (χ2n) is 6.79. The van der Waals surface area contributed by atoms with Crippen LogP contribution in [0, 0.1) is 0 Å². The van der Waals surface area contributed by atoms with Crippen molar-refractivity contribution < 1.29 is 32.9 Å². The van der Waals surface area contributed by atoms with Gasteiger partial charge in [0.1, 0.15) is 5.75 Å². The lowest BCUT2D eigenvalue weighted by Crippen LogP contribution is -2.45. The molecule has 5 nitrogen and oxygen atoms in total. The lowest BCUT2D eigenvalue weighted by molar-refractivity contribution is -0.165. The minimum Gasteiger partial charge on any atom is -0.507 e. The predicted octanol–water partition coefficient (Wildman–Crippen LogP) is 2.97. The highest BCUT2D eigenvalue weighted by atomic mass is 19.4. The summed E-state index contributed by atoms with van der Waals surface area (Å²) in [5, 5.41) is 19.0. The van der Waals surface area contributed by atoms with Crippen LogP contribution >= 0.6 is 0 Å². The van der Waals surface area contributed by atoms with E-state index in [-0.39, 0.29) is 19.3 Å². The number of hydrogen-bond donors (Lipinski definition) is 3. The average Bonchev–Trinajstić information content (AvgIpc) is 2.61. The molecule has 1 fully saturated rings. The van der Waals surface area contributed by atoms with Crippen LogP contribution < -0.4 is 5.73 Å². The van der Waals surface area contributed by atoms with E-state index >= 15 is 0 Å². The van der Waals surface area contributed by atoms with Crippen molar-refractivity contribution in [3.05, 3.63) is 29.3 Å². The van der Waals surface area contributed by atoms with Gasteiger partial charge in [-0.05, 0) is 56.2 Å².